The van der Waals surface area contributed by atoms with Crippen LogP contribution in [0.4, 0.5) is 0 Å². The maximum Gasteiger partial charge on any atom is 0.341 e. The molecule has 0 aliphatic rings. The van der Waals surface area contributed by atoms with Gasteiger partial charge in [0.05, 0.1) is 6.04 Å². The third-order valence-corrected chi connectivity index (χ3v) is 4.62. The highest BCUT2D eigenvalue weighted by molar-refractivity contribution is 5.91. The second-order valence-electron chi connectivity index (χ2n) is 6.65. The van der Waals surface area contributed by atoms with E-state index in [4.69, 9.17) is 9.84 Å². The lowest BCUT2D eigenvalue weighted by Gasteiger charge is -2.15. The monoisotopic (exact) mass is 377 g/mol. The lowest BCUT2D eigenvalue weighted by atomic mass is 10.00. The van der Waals surface area contributed by atoms with Crippen molar-refractivity contribution in [1.82, 2.24) is 5.32 Å². The molecule has 3 aromatic carbocycles. The molecule has 144 valence electrons. The summed E-state index contributed by atoms with van der Waals surface area (Å²) in [6.07, 6.45) is 0.962. The lowest BCUT2D eigenvalue weighted by Crippen LogP contribution is -2.26. The zero-order valence-electron chi connectivity index (χ0n) is 15.7. The number of carboxylic acids is 1. The van der Waals surface area contributed by atoms with E-state index in [0.29, 0.717) is 18.6 Å². The number of hydrogen-bond donors (Lipinski definition) is 2. The molecule has 2 N–H and O–H groups in total. The highest BCUT2D eigenvalue weighted by Gasteiger charge is 2.11. The Morgan fingerprint density at radius 2 is 1.68 bits per heavy atom. The van der Waals surface area contributed by atoms with Crippen LogP contribution < -0.4 is 10.1 Å². The number of nitrogens with one attached hydrogen (secondary N) is 1. The quantitative estimate of drug-likeness (QED) is 0.619. The molecule has 5 heteroatoms. The van der Waals surface area contributed by atoms with Gasteiger partial charge in [-0.1, -0.05) is 60.7 Å². The fourth-order valence-electron chi connectivity index (χ4n) is 3.22. The van der Waals surface area contributed by atoms with Gasteiger partial charge in [0.2, 0.25) is 5.91 Å². The number of amides is 1. The van der Waals surface area contributed by atoms with Crippen LogP contribution in [0, 0.1) is 0 Å². The molecule has 3 rings (SSSR count). The van der Waals surface area contributed by atoms with E-state index in [0.717, 1.165) is 21.9 Å². The van der Waals surface area contributed by atoms with Gasteiger partial charge in [-0.05, 0) is 35.9 Å². The fraction of sp³-hybridized carbons (Fsp3) is 0.217. The van der Waals surface area contributed by atoms with Gasteiger partial charge >= 0.3 is 5.97 Å². The molecular formula is C23H23NO4. The van der Waals surface area contributed by atoms with Gasteiger partial charge in [0, 0.05) is 11.8 Å². The number of carbonyl (C=O) groups excluding carboxylic acids is 1. The number of hydrogen-bond acceptors (Lipinski definition) is 3. The van der Waals surface area contributed by atoms with Crippen molar-refractivity contribution in [3.8, 4) is 5.75 Å². The maximum atomic E-state index is 12.4. The highest BCUT2D eigenvalue weighted by atomic mass is 16.5. The van der Waals surface area contributed by atoms with E-state index < -0.39 is 5.97 Å². The van der Waals surface area contributed by atoms with E-state index in [1.807, 2.05) is 67.6 Å². The molecule has 0 aliphatic heterocycles. The molecule has 1 atom stereocenters. The summed E-state index contributed by atoms with van der Waals surface area (Å²) >= 11 is 0. The molecule has 1 unspecified atom stereocenters. The van der Waals surface area contributed by atoms with Crippen molar-refractivity contribution in [2.24, 2.45) is 0 Å². The predicted molar refractivity (Wildman–Crippen MR) is 108 cm³/mol. The molecule has 0 spiro atoms. The smallest absolute Gasteiger partial charge is 0.341 e. The molecule has 0 heterocycles. The zero-order chi connectivity index (χ0) is 19.9. The number of ether oxygens (including phenoxy) is 1. The minimum Gasteiger partial charge on any atom is -0.481 e. The summed E-state index contributed by atoms with van der Waals surface area (Å²) < 4.78 is 5.38. The van der Waals surface area contributed by atoms with Crippen molar-refractivity contribution in [2.75, 3.05) is 6.61 Å². The molecule has 0 fully saturated rings. The van der Waals surface area contributed by atoms with E-state index in [-0.39, 0.29) is 18.6 Å². The van der Waals surface area contributed by atoms with E-state index in [1.54, 1.807) is 6.07 Å². The van der Waals surface area contributed by atoms with Crippen LogP contribution in [0.3, 0.4) is 0 Å². The highest BCUT2D eigenvalue weighted by Crippen LogP contribution is 2.28. The van der Waals surface area contributed by atoms with Crippen molar-refractivity contribution in [1.29, 1.82) is 0 Å². The summed E-state index contributed by atoms with van der Waals surface area (Å²) in [5, 5.41) is 13.7. The predicted octanol–water partition coefficient (Wildman–Crippen LogP) is 4.11. The van der Waals surface area contributed by atoms with Crippen molar-refractivity contribution >= 4 is 22.6 Å². The van der Waals surface area contributed by atoms with Crippen LogP contribution >= 0.6 is 0 Å². The Morgan fingerprint density at radius 3 is 2.43 bits per heavy atom. The number of rotatable bonds is 8. The van der Waals surface area contributed by atoms with Crippen LogP contribution in [0.1, 0.15) is 30.5 Å². The molecule has 3 aromatic rings. The molecule has 0 saturated heterocycles. The van der Waals surface area contributed by atoms with Crippen molar-refractivity contribution < 1.29 is 19.4 Å². The van der Waals surface area contributed by atoms with Crippen LogP contribution in [-0.4, -0.2) is 23.6 Å². The van der Waals surface area contributed by atoms with Crippen molar-refractivity contribution in [2.45, 2.75) is 25.8 Å². The summed E-state index contributed by atoms with van der Waals surface area (Å²) in [5.41, 5.74) is 2.10. The topological polar surface area (TPSA) is 75.6 Å². The lowest BCUT2D eigenvalue weighted by molar-refractivity contribution is -0.139. The van der Waals surface area contributed by atoms with E-state index in [9.17, 15) is 9.59 Å². The number of carboxylic acid groups (broad SMARTS) is 1. The minimum atomic E-state index is -1.02. The van der Waals surface area contributed by atoms with Crippen LogP contribution in [0.2, 0.25) is 0 Å². The van der Waals surface area contributed by atoms with E-state index in [1.165, 1.54) is 0 Å². The van der Waals surface area contributed by atoms with Gasteiger partial charge in [0.1, 0.15) is 5.75 Å². The first kappa shape index (κ1) is 19.4. The van der Waals surface area contributed by atoms with Crippen LogP contribution in [0.15, 0.2) is 66.7 Å². The largest absolute Gasteiger partial charge is 0.481 e. The van der Waals surface area contributed by atoms with E-state index in [2.05, 4.69) is 5.32 Å². The second-order valence-corrected chi connectivity index (χ2v) is 6.65. The first-order valence-corrected chi connectivity index (χ1v) is 9.24. The van der Waals surface area contributed by atoms with Gasteiger partial charge in [-0.3, -0.25) is 4.79 Å². The van der Waals surface area contributed by atoms with Gasteiger partial charge in [-0.25, -0.2) is 4.79 Å². The molecule has 5 nitrogen and oxygen atoms in total. The van der Waals surface area contributed by atoms with Crippen LogP contribution in [0.5, 0.6) is 5.75 Å². The van der Waals surface area contributed by atoms with Crippen molar-refractivity contribution in [3.63, 3.8) is 0 Å². The number of fused-ring (bicyclic) bond motifs is 1. The molecule has 1 amide bonds. The van der Waals surface area contributed by atoms with Gasteiger partial charge < -0.3 is 15.2 Å². The van der Waals surface area contributed by atoms with Crippen molar-refractivity contribution in [3.05, 3.63) is 77.9 Å². The van der Waals surface area contributed by atoms with Gasteiger partial charge in [-0.15, -0.1) is 0 Å². The number of carbonyl (C=O) groups is 2. The standard InChI is InChI=1S/C23H23NO4/c1-16(17-7-3-2-4-8-17)24-22(25)14-13-18-9-5-11-20-19(18)10-6-12-21(20)28-15-23(26)27/h2-12,16H,13-15H2,1H3,(H,24,25)(H,26,27). The van der Waals surface area contributed by atoms with E-state index >= 15 is 0 Å². The Balaban J connectivity index is 1.68. The third-order valence-electron chi connectivity index (χ3n) is 4.62. The molecule has 0 radical (unpaired) electrons. The zero-order valence-corrected chi connectivity index (χ0v) is 15.7. The molecule has 0 saturated carbocycles. The summed E-state index contributed by atoms with van der Waals surface area (Å²) in [6.45, 7) is 1.58. The number of aliphatic carboxylic acids is 1. The normalized spacial score (nSPS) is 11.8. The number of benzene rings is 3. The van der Waals surface area contributed by atoms with Gasteiger partial charge in [-0.2, -0.15) is 0 Å². The average molecular weight is 377 g/mol. The first-order valence-electron chi connectivity index (χ1n) is 9.24. The summed E-state index contributed by atoms with van der Waals surface area (Å²) in [4.78, 5) is 23.2. The van der Waals surface area contributed by atoms with Gasteiger partial charge in [0.25, 0.3) is 0 Å². The van der Waals surface area contributed by atoms with Gasteiger partial charge in [0.15, 0.2) is 6.61 Å². The molecule has 0 bridgehead atoms. The Hall–Kier alpha value is -3.34. The Labute approximate surface area is 164 Å². The Bertz CT molecular complexity index is 969. The number of aryl methyl sites for hydroxylation is 1. The fourth-order valence-corrected chi connectivity index (χ4v) is 3.22. The Kier molecular flexibility index (Phi) is 6.27. The van der Waals surface area contributed by atoms with Crippen LogP contribution in [0.25, 0.3) is 10.8 Å². The molecule has 0 aliphatic carbocycles. The third kappa shape index (κ3) is 4.88. The molecule has 0 aromatic heterocycles. The SMILES string of the molecule is CC(NC(=O)CCc1cccc2c(OCC(=O)O)cccc12)c1ccccc1. The van der Waals surface area contributed by atoms with Crippen LogP contribution in [-0.2, 0) is 16.0 Å². The Morgan fingerprint density at radius 1 is 0.964 bits per heavy atom. The molecule has 28 heavy (non-hydrogen) atoms. The average Bonchev–Trinajstić information content (AvgIpc) is 2.71. The summed E-state index contributed by atoms with van der Waals surface area (Å²) in [7, 11) is 0. The summed E-state index contributed by atoms with van der Waals surface area (Å²) in [6, 6.07) is 21.1. The first-order chi connectivity index (χ1) is 13.5. The minimum absolute atomic E-state index is 0.00774. The maximum absolute atomic E-state index is 12.4. The summed E-state index contributed by atoms with van der Waals surface area (Å²) in [5.74, 6) is -0.493. The molecular weight excluding hydrogens is 354 g/mol. The second kappa shape index (κ2) is 9.04.